The van der Waals surface area contributed by atoms with Crippen molar-refractivity contribution in [2.75, 3.05) is 13.2 Å². The number of alkyl halides is 1. The van der Waals surface area contributed by atoms with Gasteiger partial charge in [0, 0.05) is 18.6 Å². The van der Waals surface area contributed by atoms with E-state index in [2.05, 4.69) is 0 Å². The molecule has 1 unspecified atom stereocenters. The van der Waals surface area contributed by atoms with E-state index < -0.39 is 36.5 Å². The van der Waals surface area contributed by atoms with E-state index in [1.165, 1.54) is 24.3 Å². The summed E-state index contributed by atoms with van der Waals surface area (Å²) in [5.41, 5.74) is -0.534. The number of carbonyl (C=O) groups is 1. The van der Waals surface area contributed by atoms with Crippen LogP contribution in [0.1, 0.15) is 23.2 Å². The molecule has 0 amide bonds. The van der Waals surface area contributed by atoms with Crippen LogP contribution < -0.4 is 20.3 Å². The number of benzene rings is 2. The number of carboxylic acids is 1. The average Bonchev–Trinajstić information content (AvgIpc) is 2.80. The van der Waals surface area contributed by atoms with Crippen molar-refractivity contribution < 1.29 is 32.6 Å². The molecule has 0 spiro atoms. The van der Waals surface area contributed by atoms with Crippen LogP contribution in [0.25, 0.3) is 21.9 Å². The minimum atomic E-state index is -1.59. The minimum Gasteiger partial charge on any atom is -0.489 e. The first-order valence-electron chi connectivity index (χ1n) is 10.1. The molecule has 2 heterocycles. The molecule has 0 saturated heterocycles. The molecule has 9 heteroatoms. The van der Waals surface area contributed by atoms with Gasteiger partial charge in [0.15, 0.2) is 17.0 Å². The molecular weight excluding hydrogens is 434 g/mol. The number of fused-ring (bicyclic) bond motifs is 2. The van der Waals surface area contributed by atoms with Crippen molar-refractivity contribution in [1.29, 1.82) is 0 Å². The van der Waals surface area contributed by atoms with Gasteiger partial charge >= 0.3 is 5.97 Å². The van der Waals surface area contributed by atoms with Crippen molar-refractivity contribution in [3.63, 3.8) is 0 Å². The summed E-state index contributed by atoms with van der Waals surface area (Å²) in [6, 6.07) is 11.4. The van der Waals surface area contributed by atoms with Crippen LogP contribution in [-0.2, 0) is 6.42 Å². The highest BCUT2D eigenvalue weighted by molar-refractivity contribution is 5.89. The number of ether oxygens (including phenoxy) is 2. The second-order valence-electron chi connectivity index (χ2n) is 7.19. The lowest BCUT2D eigenvalue weighted by Gasteiger charge is -2.14. The molecule has 0 bridgehead atoms. The largest absolute Gasteiger partial charge is 0.489 e. The fraction of sp³-hybridized carbons (Fsp3) is 0.208. The van der Waals surface area contributed by atoms with Gasteiger partial charge in [-0.3, -0.25) is 9.59 Å². The zero-order valence-corrected chi connectivity index (χ0v) is 17.5. The Hall–Kier alpha value is -4.14. The third-order valence-electron chi connectivity index (χ3n) is 4.88. The van der Waals surface area contributed by atoms with Gasteiger partial charge in [0.1, 0.15) is 52.4 Å². The maximum absolute atomic E-state index is 14.5. The first kappa shape index (κ1) is 22.1. The van der Waals surface area contributed by atoms with Crippen LogP contribution >= 0.6 is 0 Å². The Balaban J connectivity index is 1.48. The fourth-order valence-electron chi connectivity index (χ4n) is 3.33. The van der Waals surface area contributed by atoms with Gasteiger partial charge in [0.25, 0.3) is 0 Å². The smallest absolute Gasteiger partial charge is 0.371 e. The first-order chi connectivity index (χ1) is 15.9. The third kappa shape index (κ3) is 4.57. The van der Waals surface area contributed by atoms with Gasteiger partial charge in [-0.1, -0.05) is 19.1 Å². The van der Waals surface area contributed by atoms with Gasteiger partial charge in [-0.15, -0.1) is 0 Å². The molecule has 1 N–H and O–H groups in total. The summed E-state index contributed by atoms with van der Waals surface area (Å²) in [6.45, 7) is 1.01. The molecule has 0 aliphatic carbocycles. The molecule has 2 aromatic carbocycles. The van der Waals surface area contributed by atoms with Crippen molar-refractivity contribution in [2.45, 2.75) is 19.5 Å². The maximum atomic E-state index is 14.5. The van der Waals surface area contributed by atoms with Crippen LogP contribution in [0.5, 0.6) is 11.5 Å². The number of aryl methyl sites for hydroxylation is 1. The molecular formula is C24H19FO8. The van der Waals surface area contributed by atoms with E-state index in [-0.39, 0.29) is 33.3 Å². The van der Waals surface area contributed by atoms with Gasteiger partial charge in [-0.05, 0) is 24.3 Å². The van der Waals surface area contributed by atoms with Gasteiger partial charge in [0.2, 0.25) is 5.76 Å². The second kappa shape index (κ2) is 9.15. The predicted molar refractivity (Wildman–Crippen MR) is 117 cm³/mol. The first-order valence-corrected chi connectivity index (χ1v) is 10.1. The summed E-state index contributed by atoms with van der Waals surface area (Å²) < 4.78 is 36.3. The molecule has 1 atom stereocenters. The molecule has 8 nitrogen and oxygen atoms in total. The number of halogens is 1. The Morgan fingerprint density at radius 1 is 0.939 bits per heavy atom. The second-order valence-corrected chi connectivity index (χ2v) is 7.19. The van der Waals surface area contributed by atoms with Gasteiger partial charge in [0.05, 0.1) is 0 Å². The third-order valence-corrected chi connectivity index (χ3v) is 4.88. The molecule has 0 aliphatic heterocycles. The summed E-state index contributed by atoms with van der Waals surface area (Å²) in [7, 11) is 0. The molecule has 0 aliphatic rings. The van der Waals surface area contributed by atoms with Crippen LogP contribution in [0.3, 0.4) is 0 Å². The lowest BCUT2D eigenvalue weighted by molar-refractivity contribution is 0.0663. The number of carboxylic acid groups (broad SMARTS) is 1. The molecule has 170 valence electrons. The van der Waals surface area contributed by atoms with E-state index in [1.807, 2.05) is 6.92 Å². The van der Waals surface area contributed by atoms with E-state index in [9.17, 15) is 18.8 Å². The SMILES string of the molecule is CCc1cc(=O)c2c(OCC([18F])COc3cccc4oc(C(=O)O)cc(=O)c34)cccc2o1. The Morgan fingerprint density at radius 2 is 1.48 bits per heavy atom. The van der Waals surface area contributed by atoms with E-state index in [0.717, 1.165) is 6.07 Å². The highest BCUT2D eigenvalue weighted by Gasteiger charge is 2.17. The van der Waals surface area contributed by atoms with Gasteiger partial charge < -0.3 is 23.4 Å². The van der Waals surface area contributed by atoms with Gasteiger partial charge in [-0.25, -0.2) is 9.18 Å². The van der Waals surface area contributed by atoms with E-state index >= 15 is 0 Å². The summed E-state index contributed by atoms with van der Waals surface area (Å²) in [5.74, 6) is -1.10. The highest BCUT2D eigenvalue weighted by Crippen LogP contribution is 2.25. The van der Waals surface area contributed by atoms with E-state index in [1.54, 1.807) is 18.2 Å². The predicted octanol–water partition coefficient (Wildman–Crippen LogP) is 3.96. The number of rotatable bonds is 8. The van der Waals surface area contributed by atoms with Crippen molar-refractivity contribution in [1.82, 2.24) is 0 Å². The van der Waals surface area contributed by atoms with Crippen molar-refractivity contribution in [3.8, 4) is 11.5 Å². The van der Waals surface area contributed by atoms with Crippen molar-refractivity contribution >= 4 is 27.9 Å². The van der Waals surface area contributed by atoms with Crippen LogP contribution in [0.15, 0.2) is 67.0 Å². The Kier molecular flexibility index (Phi) is 6.12. The van der Waals surface area contributed by atoms with Crippen LogP contribution in [0.2, 0.25) is 0 Å². The van der Waals surface area contributed by atoms with Crippen LogP contribution in [0, 0.1) is 0 Å². The normalized spacial score (nSPS) is 12.1. The minimum absolute atomic E-state index is 0.00834. The van der Waals surface area contributed by atoms with Crippen LogP contribution in [0.4, 0.5) is 4.39 Å². The van der Waals surface area contributed by atoms with E-state index in [4.69, 9.17) is 23.4 Å². The lowest BCUT2D eigenvalue weighted by atomic mass is 10.2. The molecule has 4 rings (SSSR count). The monoisotopic (exact) mass is 453 g/mol. The topological polar surface area (TPSA) is 116 Å². The van der Waals surface area contributed by atoms with Crippen molar-refractivity contribution in [2.24, 2.45) is 0 Å². The molecule has 0 radical (unpaired) electrons. The zero-order chi connectivity index (χ0) is 23.5. The van der Waals surface area contributed by atoms with Gasteiger partial charge in [-0.2, -0.15) is 0 Å². The summed E-state index contributed by atoms with van der Waals surface area (Å²) >= 11 is 0. The van der Waals surface area contributed by atoms with Crippen LogP contribution in [-0.4, -0.2) is 30.5 Å². The quantitative estimate of drug-likeness (QED) is 0.426. The summed E-state index contributed by atoms with van der Waals surface area (Å²) in [6.07, 6.45) is -1.03. The Morgan fingerprint density at radius 3 is 2.03 bits per heavy atom. The number of hydrogen-bond acceptors (Lipinski definition) is 7. The number of aromatic carboxylic acids is 1. The Labute approximate surface area is 185 Å². The molecule has 4 aromatic rings. The lowest BCUT2D eigenvalue weighted by Crippen LogP contribution is -2.22. The molecule has 2 aromatic heterocycles. The fourth-order valence-corrected chi connectivity index (χ4v) is 3.33. The Bertz CT molecular complexity index is 1450. The highest BCUT2D eigenvalue weighted by atomic mass is 18.2. The van der Waals surface area contributed by atoms with Crippen molar-refractivity contribution in [3.05, 3.63) is 80.5 Å². The van der Waals surface area contributed by atoms with E-state index in [0.29, 0.717) is 17.8 Å². The average molecular weight is 453 g/mol. The molecule has 33 heavy (non-hydrogen) atoms. The number of hydrogen-bond donors (Lipinski definition) is 1. The molecule has 0 saturated carbocycles. The molecule has 0 fully saturated rings. The summed E-state index contributed by atoms with van der Waals surface area (Å²) in [5, 5.41) is 9.26. The maximum Gasteiger partial charge on any atom is 0.371 e. The zero-order valence-electron chi connectivity index (χ0n) is 17.5. The summed E-state index contributed by atoms with van der Waals surface area (Å²) in [4.78, 5) is 35.8. The standard InChI is InChI=1S/C24H19FO8/c1-2-14-9-15(26)22-17(5-3-7-19(22)32-14)30-11-13(25)12-31-18-6-4-8-20-23(18)16(27)10-21(33-20)24(28)29/h3-10,13H,2,11-12H2,1H3,(H,28,29)/i25-1.